The first-order valence-electron chi connectivity index (χ1n) is 9.17. The molecule has 0 fully saturated rings. The molecule has 2 N–H and O–H groups in total. The minimum Gasteiger partial charge on any atom is -0.484 e. The molecule has 2 aromatic carbocycles. The van der Waals surface area contributed by atoms with Gasteiger partial charge in [0.15, 0.2) is 18.3 Å². The van der Waals surface area contributed by atoms with Gasteiger partial charge in [0.1, 0.15) is 11.4 Å². The van der Waals surface area contributed by atoms with Crippen molar-refractivity contribution in [3.8, 4) is 17.1 Å². The number of aromatic nitrogens is 1. The summed E-state index contributed by atoms with van der Waals surface area (Å²) in [6.45, 7) is -0.456. The van der Waals surface area contributed by atoms with Crippen LogP contribution in [0.1, 0.15) is 11.3 Å². The van der Waals surface area contributed by atoms with Crippen LogP contribution >= 0.6 is 0 Å². The molecule has 0 radical (unpaired) electrons. The number of ether oxygens (including phenoxy) is 1. The van der Waals surface area contributed by atoms with E-state index in [0.717, 1.165) is 16.8 Å². The second kappa shape index (κ2) is 9.82. The quantitative estimate of drug-likeness (QED) is 0.446. The number of halogens is 3. The highest BCUT2D eigenvalue weighted by molar-refractivity contribution is 5.79. The smallest absolute Gasteiger partial charge is 0.422 e. The summed E-state index contributed by atoms with van der Waals surface area (Å²) in [5.74, 6) is 1.40. The van der Waals surface area contributed by atoms with Crippen LogP contribution in [0.25, 0.3) is 11.3 Å². The molecule has 1 heterocycles. The summed E-state index contributed by atoms with van der Waals surface area (Å²) in [5.41, 5.74) is 2.54. The SMILES string of the molecule is CN=C(NCc1ccc(OCC(F)(F)F)cc1)NCc1cc(-c2ccccc2)on1. The van der Waals surface area contributed by atoms with Gasteiger partial charge in [-0.2, -0.15) is 13.2 Å². The van der Waals surface area contributed by atoms with Crippen molar-refractivity contribution in [3.05, 3.63) is 71.9 Å². The standard InChI is InChI=1S/C21H21F3N4O2/c1-25-20(26-12-15-7-9-18(10-8-15)29-14-21(22,23)24)27-13-17-11-19(30-28-17)16-5-3-2-4-6-16/h2-11H,12-14H2,1H3,(H2,25,26,27). The summed E-state index contributed by atoms with van der Waals surface area (Å²) in [6.07, 6.45) is -4.36. The van der Waals surface area contributed by atoms with Crippen LogP contribution in [0.4, 0.5) is 13.2 Å². The highest BCUT2D eigenvalue weighted by Gasteiger charge is 2.28. The van der Waals surface area contributed by atoms with Crippen LogP contribution in [0, 0.1) is 0 Å². The first-order chi connectivity index (χ1) is 14.4. The van der Waals surface area contributed by atoms with Gasteiger partial charge in [-0.25, -0.2) is 0 Å². The van der Waals surface area contributed by atoms with Crippen molar-refractivity contribution >= 4 is 5.96 Å². The molecule has 0 amide bonds. The molecule has 1 aromatic heterocycles. The highest BCUT2D eigenvalue weighted by atomic mass is 19.4. The summed E-state index contributed by atoms with van der Waals surface area (Å²) in [4.78, 5) is 4.14. The highest BCUT2D eigenvalue weighted by Crippen LogP contribution is 2.20. The predicted molar refractivity (Wildman–Crippen MR) is 107 cm³/mol. The lowest BCUT2D eigenvalue weighted by Gasteiger charge is -2.12. The average molecular weight is 418 g/mol. The fraction of sp³-hybridized carbons (Fsp3) is 0.238. The molecule has 3 aromatic rings. The van der Waals surface area contributed by atoms with Crippen LogP contribution in [-0.2, 0) is 13.1 Å². The number of benzene rings is 2. The molecular formula is C21H21F3N4O2. The molecule has 6 nitrogen and oxygen atoms in total. The first-order valence-corrected chi connectivity index (χ1v) is 9.17. The molecule has 0 spiro atoms. The van der Waals surface area contributed by atoms with Crippen LogP contribution in [0.2, 0.25) is 0 Å². The van der Waals surface area contributed by atoms with Gasteiger partial charge in [0.2, 0.25) is 0 Å². The number of rotatable bonds is 7. The van der Waals surface area contributed by atoms with Gasteiger partial charge >= 0.3 is 6.18 Å². The zero-order valence-electron chi connectivity index (χ0n) is 16.2. The Kier molecular flexibility index (Phi) is 6.95. The summed E-state index contributed by atoms with van der Waals surface area (Å²) in [5, 5.41) is 10.3. The van der Waals surface area contributed by atoms with Crippen LogP contribution in [0.5, 0.6) is 5.75 Å². The number of guanidine groups is 1. The maximum atomic E-state index is 12.2. The second-order valence-electron chi connectivity index (χ2n) is 6.38. The third-order valence-electron chi connectivity index (χ3n) is 4.06. The van der Waals surface area contributed by atoms with E-state index in [1.807, 2.05) is 36.4 Å². The molecule has 0 bridgehead atoms. The molecule has 0 aliphatic rings. The van der Waals surface area contributed by atoms with Crippen molar-refractivity contribution in [1.82, 2.24) is 15.8 Å². The molecule has 0 aliphatic heterocycles. The number of nitrogens with one attached hydrogen (secondary N) is 2. The van der Waals surface area contributed by atoms with Crippen LogP contribution < -0.4 is 15.4 Å². The number of alkyl halides is 3. The van der Waals surface area contributed by atoms with Gasteiger partial charge in [-0.15, -0.1) is 0 Å². The number of hydrogen-bond acceptors (Lipinski definition) is 4. The minimum absolute atomic E-state index is 0.166. The topological polar surface area (TPSA) is 71.7 Å². The van der Waals surface area contributed by atoms with Crippen molar-refractivity contribution < 1.29 is 22.4 Å². The first kappa shape index (κ1) is 21.2. The van der Waals surface area contributed by atoms with Gasteiger partial charge in [0.25, 0.3) is 0 Å². The lowest BCUT2D eigenvalue weighted by atomic mass is 10.2. The zero-order valence-corrected chi connectivity index (χ0v) is 16.2. The van der Waals surface area contributed by atoms with Gasteiger partial charge in [0.05, 0.1) is 6.54 Å². The third kappa shape index (κ3) is 6.54. The molecule has 0 atom stereocenters. The van der Waals surface area contributed by atoms with E-state index in [4.69, 9.17) is 9.26 Å². The Morgan fingerprint density at radius 1 is 1.03 bits per heavy atom. The molecule has 0 aliphatic carbocycles. The van der Waals surface area contributed by atoms with Gasteiger partial charge in [-0.1, -0.05) is 47.6 Å². The number of nitrogens with zero attached hydrogens (tertiary/aromatic N) is 2. The lowest BCUT2D eigenvalue weighted by Crippen LogP contribution is -2.36. The van der Waals surface area contributed by atoms with E-state index in [-0.39, 0.29) is 5.75 Å². The summed E-state index contributed by atoms with van der Waals surface area (Å²) in [7, 11) is 1.64. The maximum absolute atomic E-state index is 12.2. The van der Waals surface area contributed by atoms with Crippen molar-refractivity contribution in [2.24, 2.45) is 4.99 Å². The van der Waals surface area contributed by atoms with E-state index in [2.05, 4.69) is 20.8 Å². The Bertz CT molecular complexity index is 954. The summed E-state index contributed by atoms with van der Waals surface area (Å²) < 4.78 is 46.6. The van der Waals surface area contributed by atoms with Crippen molar-refractivity contribution in [2.45, 2.75) is 19.3 Å². The molecule has 0 saturated heterocycles. The summed E-state index contributed by atoms with van der Waals surface area (Å²) in [6, 6.07) is 17.9. The van der Waals surface area contributed by atoms with E-state index in [0.29, 0.717) is 24.8 Å². The van der Waals surface area contributed by atoms with Crippen molar-refractivity contribution in [3.63, 3.8) is 0 Å². The Balaban J connectivity index is 1.47. The fourth-order valence-electron chi connectivity index (χ4n) is 2.58. The van der Waals surface area contributed by atoms with Crippen molar-refractivity contribution in [1.29, 1.82) is 0 Å². The number of aliphatic imine (C=N–C) groups is 1. The van der Waals surface area contributed by atoms with E-state index in [9.17, 15) is 13.2 Å². The van der Waals surface area contributed by atoms with Gasteiger partial charge in [0, 0.05) is 25.2 Å². The second-order valence-corrected chi connectivity index (χ2v) is 6.38. The molecule has 158 valence electrons. The molecule has 0 unspecified atom stereocenters. The predicted octanol–water partition coefficient (Wildman–Crippen LogP) is 4.15. The monoisotopic (exact) mass is 418 g/mol. The fourth-order valence-corrected chi connectivity index (χ4v) is 2.58. The molecular weight excluding hydrogens is 397 g/mol. The molecule has 0 saturated carbocycles. The van der Waals surface area contributed by atoms with E-state index in [1.54, 1.807) is 19.2 Å². The maximum Gasteiger partial charge on any atom is 0.422 e. The molecule has 3 rings (SSSR count). The zero-order chi connectivity index (χ0) is 21.4. The largest absolute Gasteiger partial charge is 0.484 e. The number of hydrogen-bond donors (Lipinski definition) is 2. The Hall–Kier alpha value is -3.49. The third-order valence-corrected chi connectivity index (χ3v) is 4.06. The Morgan fingerprint density at radius 3 is 2.40 bits per heavy atom. The average Bonchev–Trinajstić information content (AvgIpc) is 3.22. The minimum atomic E-state index is -4.36. The van der Waals surface area contributed by atoms with Gasteiger partial charge in [-0.3, -0.25) is 4.99 Å². The van der Waals surface area contributed by atoms with Gasteiger partial charge < -0.3 is 19.9 Å². The lowest BCUT2D eigenvalue weighted by molar-refractivity contribution is -0.153. The molecule has 9 heteroatoms. The van der Waals surface area contributed by atoms with E-state index < -0.39 is 12.8 Å². The normalized spacial score (nSPS) is 11.9. The summed E-state index contributed by atoms with van der Waals surface area (Å²) >= 11 is 0. The molecule has 30 heavy (non-hydrogen) atoms. The van der Waals surface area contributed by atoms with E-state index >= 15 is 0 Å². The van der Waals surface area contributed by atoms with Crippen LogP contribution in [-0.4, -0.2) is 30.9 Å². The Morgan fingerprint density at radius 2 is 1.73 bits per heavy atom. The van der Waals surface area contributed by atoms with Crippen LogP contribution in [0.3, 0.4) is 0 Å². The van der Waals surface area contributed by atoms with Gasteiger partial charge in [-0.05, 0) is 17.7 Å². The van der Waals surface area contributed by atoms with E-state index in [1.165, 1.54) is 12.1 Å². The van der Waals surface area contributed by atoms with Crippen molar-refractivity contribution in [2.75, 3.05) is 13.7 Å². The van der Waals surface area contributed by atoms with Crippen LogP contribution in [0.15, 0.2) is 70.2 Å². The Labute approximate surface area is 171 Å².